The minimum atomic E-state index is -0.512. The van der Waals surface area contributed by atoms with Gasteiger partial charge in [0.25, 0.3) is 11.8 Å². The van der Waals surface area contributed by atoms with Gasteiger partial charge >= 0.3 is 0 Å². The molecule has 0 unspecified atom stereocenters. The molecule has 2 heterocycles. The number of hydrogen-bond donors (Lipinski definition) is 1. The molecule has 1 fully saturated rings. The number of aryl methyl sites for hydroxylation is 2. The molecule has 0 atom stereocenters. The monoisotopic (exact) mass is 449 g/mol. The zero-order valence-corrected chi connectivity index (χ0v) is 18.8. The summed E-state index contributed by atoms with van der Waals surface area (Å²) in [5.74, 6) is -0.965. The first kappa shape index (κ1) is 21.0. The topological polar surface area (TPSA) is 54.3 Å². The van der Waals surface area contributed by atoms with Crippen LogP contribution in [0.25, 0.3) is 11.8 Å². The van der Waals surface area contributed by atoms with E-state index in [0.717, 1.165) is 28.2 Å². The van der Waals surface area contributed by atoms with Gasteiger partial charge in [-0.25, -0.2) is 0 Å². The maximum Gasteiger partial charge on any atom is 0.270 e. The van der Waals surface area contributed by atoms with E-state index in [1.54, 1.807) is 12.1 Å². The number of rotatable bonds is 3. The van der Waals surface area contributed by atoms with Crippen LogP contribution >= 0.6 is 23.8 Å². The van der Waals surface area contributed by atoms with Crippen LogP contribution in [0.4, 0.5) is 5.69 Å². The molecular weight excluding hydrogens is 430 g/mol. The van der Waals surface area contributed by atoms with Gasteiger partial charge in [-0.1, -0.05) is 41.9 Å². The van der Waals surface area contributed by atoms with Gasteiger partial charge in [-0.05, 0) is 74.5 Å². The van der Waals surface area contributed by atoms with Crippen LogP contribution in [0.15, 0.2) is 60.2 Å². The van der Waals surface area contributed by atoms with Gasteiger partial charge in [0.05, 0.1) is 16.4 Å². The molecule has 31 heavy (non-hydrogen) atoms. The van der Waals surface area contributed by atoms with E-state index in [1.165, 1.54) is 4.90 Å². The van der Waals surface area contributed by atoms with E-state index < -0.39 is 11.8 Å². The Bertz CT molecular complexity index is 1280. The Hall–Kier alpha value is -3.22. The Labute approximate surface area is 190 Å². The van der Waals surface area contributed by atoms with Crippen LogP contribution in [0.3, 0.4) is 0 Å². The second-order valence-corrected chi connectivity index (χ2v) is 8.15. The standard InChI is InChI=1S/C24H20ClN3O2S/c1-14-8-4-6-10-20(14)28-23(30)18(22(29)26-24(28)31)13-17-12-15(2)27(16(17)3)21-11-7-5-9-19(21)25/h4-13H,1-3H3,(H,26,29,31)/b18-13+. The molecule has 0 bridgehead atoms. The van der Waals surface area contributed by atoms with E-state index >= 15 is 0 Å². The summed E-state index contributed by atoms with van der Waals surface area (Å²) in [4.78, 5) is 27.3. The number of nitrogens with zero attached hydrogens (tertiary/aromatic N) is 2. The van der Waals surface area contributed by atoms with Crippen LogP contribution in [0.5, 0.6) is 0 Å². The van der Waals surface area contributed by atoms with Gasteiger partial charge in [0.15, 0.2) is 5.11 Å². The number of halogens is 1. The SMILES string of the molecule is Cc1ccccc1N1C(=O)/C(=C/c2cc(C)n(-c3ccccc3Cl)c2C)C(=O)NC1=S. The summed E-state index contributed by atoms with van der Waals surface area (Å²) in [6.45, 7) is 5.77. The molecule has 0 radical (unpaired) electrons. The second-order valence-electron chi connectivity index (χ2n) is 7.36. The number of benzene rings is 2. The highest BCUT2D eigenvalue weighted by atomic mass is 35.5. The number of carbonyl (C=O) groups excluding carboxylic acids is 2. The quantitative estimate of drug-likeness (QED) is 0.352. The van der Waals surface area contributed by atoms with E-state index in [4.69, 9.17) is 23.8 Å². The van der Waals surface area contributed by atoms with Crippen molar-refractivity contribution < 1.29 is 9.59 Å². The molecule has 0 aliphatic carbocycles. The molecule has 7 heteroatoms. The highest BCUT2D eigenvalue weighted by Crippen LogP contribution is 2.29. The minimum absolute atomic E-state index is 0.0243. The Kier molecular flexibility index (Phi) is 5.52. The van der Waals surface area contributed by atoms with Crippen LogP contribution < -0.4 is 10.2 Å². The summed E-state index contributed by atoms with van der Waals surface area (Å²) in [6.07, 6.45) is 1.61. The van der Waals surface area contributed by atoms with Crippen molar-refractivity contribution in [1.82, 2.24) is 9.88 Å². The Morgan fingerprint density at radius 3 is 2.29 bits per heavy atom. The number of aromatic nitrogens is 1. The van der Waals surface area contributed by atoms with Crippen molar-refractivity contribution in [1.29, 1.82) is 0 Å². The molecule has 1 aromatic heterocycles. The highest BCUT2D eigenvalue weighted by Gasteiger charge is 2.35. The average Bonchev–Trinajstić information content (AvgIpc) is 3.00. The highest BCUT2D eigenvalue weighted by molar-refractivity contribution is 7.80. The summed E-state index contributed by atoms with van der Waals surface area (Å²) in [6, 6.07) is 16.9. The van der Waals surface area contributed by atoms with Crippen molar-refractivity contribution in [3.8, 4) is 5.69 Å². The number of hydrogen-bond acceptors (Lipinski definition) is 3. The molecule has 1 saturated heterocycles. The lowest BCUT2D eigenvalue weighted by Gasteiger charge is -2.30. The van der Waals surface area contributed by atoms with Gasteiger partial charge in [-0.15, -0.1) is 0 Å². The Morgan fingerprint density at radius 2 is 1.61 bits per heavy atom. The van der Waals surface area contributed by atoms with Gasteiger partial charge in [-0.2, -0.15) is 0 Å². The minimum Gasteiger partial charge on any atom is -0.316 e. The van der Waals surface area contributed by atoms with Crippen molar-refractivity contribution >= 4 is 52.5 Å². The number of thiocarbonyl (C=S) groups is 1. The molecule has 2 amide bonds. The predicted octanol–water partition coefficient (Wildman–Crippen LogP) is 4.89. The van der Waals surface area contributed by atoms with Gasteiger partial charge in [0.2, 0.25) is 0 Å². The molecule has 3 aromatic rings. The molecule has 1 N–H and O–H groups in total. The number of nitrogens with one attached hydrogen (secondary N) is 1. The third-order valence-electron chi connectivity index (χ3n) is 5.32. The lowest BCUT2D eigenvalue weighted by Crippen LogP contribution is -2.54. The number of anilines is 1. The van der Waals surface area contributed by atoms with Crippen molar-refractivity contribution in [3.63, 3.8) is 0 Å². The van der Waals surface area contributed by atoms with Crippen molar-refractivity contribution in [2.45, 2.75) is 20.8 Å². The van der Waals surface area contributed by atoms with Crippen molar-refractivity contribution in [2.75, 3.05) is 4.90 Å². The van der Waals surface area contributed by atoms with Crippen molar-refractivity contribution in [3.05, 3.63) is 87.7 Å². The summed E-state index contributed by atoms with van der Waals surface area (Å²) >= 11 is 11.7. The van der Waals surface area contributed by atoms with Crippen LogP contribution in [-0.4, -0.2) is 21.5 Å². The molecule has 2 aromatic carbocycles. The summed E-state index contributed by atoms with van der Waals surface area (Å²) in [5, 5.41) is 3.33. The lowest BCUT2D eigenvalue weighted by molar-refractivity contribution is -0.122. The smallest absolute Gasteiger partial charge is 0.270 e. The van der Waals surface area contributed by atoms with Crippen molar-refractivity contribution in [2.24, 2.45) is 0 Å². The second kappa shape index (κ2) is 8.13. The first-order valence-corrected chi connectivity index (χ1v) is 10.5. The maximum absolute atomic E-state index is 13.3. The van der Waals surface area contributed by atoms with E-state index in [2.05, 4.69) is 5.32 Å². The predicted molar refractivity (Wildman–Crippen MR) is 128 cm³/mol. The maximum atomic E-state index is 13.3. The van der Waals surface area contributed by atoms with Crippen LogP contribution in [-0.2, 0) is 9.59 Å². The number of para-hydroxylation sites is 2. The molecular formula is C24H20ClN3O2S. The van der Waals surface area contributed by atoms with E-state index in [-0.39, 0.29) is 10.7 Å². The fraction of sp³-hybridized carbons (Fsp3) is 0.125. The van der Waals surface area contributed by atoms with E-state index in [9.17, 15) is 9.59 Å². The average molecular weight is 450 g/mol. The molecule has 0 spiro atoms. The third-order valence-corrected chi connectivity index (χ3v) is 5.93. The van der Waals surface area contributed by atoms with Gasteiger partial charge in [0, 0.05) is 11.4 Å². The van der Waals surface area contributed by atoms with Crippen LogP contribution in [0.1, 0.15) is 22.5 Å². The van der Waals surface area contributed by atoms with Crippen LogP contribution in [0.2, 0.25) is 5.02 Å². The summed E-state index contributed by atoms with van der Waals surface area (Å²) < 4.78 is 2.00. The molecule has 4 rings (SSSR count). The fourth-order valence-electron chi connectivity index (χ4n) is 3.78. The lowest BCUT2D eigenvalue weighted by atomic mass is 10.1. The zero-order valence-electron chi connectivity index (χ0n) is 17.3. The first-order valence-electron chi connectivity index (χ1n) is 9.70. The molecule has 156 valence electrons. The Morgan fingerprint density at radius 1 is 0.968 bits per heavy atom. The largest absolute Gasteiger partial charge is 0.316 e. The van der Waals surface area contributed by atoms with Gasteiger partial charge in [-0.3, -0.25) is 19.8 Å². The third kappa shape index (κ3) is 3.69. The summed E-state index contributed by atoms with van der Waals surface area (Å²) in [5.41, 5.74) is 4.95. The van der Waals surface area contributed by atoms with Gasteiger partial charge < -0.3 is 4.57 Å². The Balaban J connectivity index is 1.80. The fourth-order valence-corrected chi connectivity index (χ4v) is 4.28. The van der Waals surface area contributed by atoms with Crippen LogP contribution in [0, 0.1) is 20.8 Å². The number of amides is 2. The molecule has 5 nitrogen and oxygen atoms in total. The zero-order chi connectivity index (χ0) is 22.3. The first-order chi connectivity index (χ1) is 14.8. The van der Waals surface area contributed by atoms with E-state index in [1.807, 2.05) is 73.9 Å². The molecule has 1 aliphatic heterocycles. The van der Waals surface area contributed by atoms with E-state index in [0.29, 0.717) is 10.7 Å². The van der Waals surface area contributed by atoms with Gasteiger partial charge in [0.1, 0.15) is 5.57 Å². The summed E-state index contributed by atoms with van der Waals surface area (Å²) in [7, 11) is 0. The molecule has 0 saturated carbocycles. The normalized spacial score (nSPS) is 15.5. The number of carbonyl (C=O) groups is 2. The molecule has 1 aliphatic rings.